The van der Waals surface area contributed by atoms with Crippen LogP contribution in [-0.4, -0.2) is 44.1 Å². The summed E-state index contributed by atoms with van der Waals surface area (Å²) in [5.74, 6) is 1.45. The molecule has 2 aromatic heterocycles. The number of nitrogens with zero attached hydrogens (tertiary/aromatic N) is 4. The minimum Gasteiger partial charge on any atom is -0.355 e. The van der Waals surface area contributed by atoms with Crippen LogP contribution in [0.2, 0.25) is 0 Å². The third kappa shape index (κ3) is 4.06. The normalized spacial score (nSPS) is 23.3. The monoisotopic (exact) mass is 454 g/mol. The standard InChI is InChI=1S/C23H26N4O2S2/c1-5-8-27-22(29)18(31-23(27)30)11-17-20(25-12-14(2)10-15(3)13-25)24-19-16(4)7-6-9-26(19)21(17)28/h5-7,9,11,14-15H,1,8,10,12-13H2,2-4H3/b18-11-/t14-,15+. The molecule has 0 saturated carbocycles. The number of carbonyl (C=O) groups is 1. The van der Waals surface area contributed by atoms with E-state index in [1.54, 1.807) is 22.7 Å². The van der Waals surface area contributed by atoms with Gasteiger partial charge in [0.05, 0.1) is 10.5 Å². The summed E-state index contributed by atoms with van der Waals surface area (Å²) >= 11 is 6.58. The molecule has 2 aliphatic heterocycles. The zero-order chi connectivity index (χ0) is 22.3. The summed E-state index contributed by atoms with van der Waals surface area (Å²) in [5, 5.41) is 0. The van der Waals surface area contributed by atoms with Crippen LogP contribution < -0.4 is 10.5 Å². The van der Waals surface area contributed by atoms with Gasteiger partial charge in [0, 0.05) is 25.8 Å². The summed E-state index contributed by atoms with van der Waals surface area (Å²) in [4.78, 5) is 35.5. The largest absolute Gasteiger partial charge is 0.355 e. The molecule has 2 fully saturated rings. The summed E-state index contributed by atoms with van der Waals surface area (Å²) < 4.78 is 2.04. The Morgan fingerprint density at radius 2 is 2.00 bits per heavy atom. The lowest BCUT2D eigenvalue weighted by atomic mass is 9.91. The van der Waals surface area contributed by atoms with E-state index in [1.165, 1.54) is 16.7 Å². The van der Waals surface area contributed by atoms with Crippen LogP contribution in [0, 0.1) is 18.8 Å². The molecule has 0 aliphatic carbocycles. The van der Waals surface area contributed by atoms with Crippen LogP contribution in [0.5, 0.6) is 0 Å². The number of hydrogen-bond acceptors (Lipinski definition) is 6. The van der Waals surface area contributed by atoms with Gasteiger partial charge in [-0.05, 0) is 42.9 Å². The van der Waals surface area contributed by atoms with Crippen LogP contribution >= 0.6 is 24.0 Å². The third-order valence-corrected chi connectivity index (χ3v) is 7.07. The van der Waals surface area contributed by atoms with Gasteiger partial charge in [0.2, 0.25) is 0 Å². The van der Waals surface area contributed by atoms with Crippen molar-refractivity contribution < 1.29 is 4.79 Å². The predicted molar refractivity (Wildman–Crippen MR) is 131 cm³/mol. The van der Waals surface area contributed by atoms with Crippen LogP contribution in [0.1, 0.15) is 31.4 Å². The Labute approximate surface area is 191 Å². The van der Waals surface area contributed by atoms with Gasteiger partial charge in [0.25, 0.3) is 11.5 Å². The molecule has 1 amide bonds. The first-order valence-electron chi connectivity index (χ1n) is 10.4. The fraction of sp³-hybridized carbons (Fsp3) is 0.391. The summed E-state index contributed by atoms with van der Waals surface area (Å²) in [6.45, 7) is 12.1. The number of amides is 1. The molecule has 0 aromatic carbocycles. The highest BCUT2D eigenvalue weighted by Crippen LogP contribution is 2.34. The Kier molecular flexibility index (Phi) is 6.03. The third-order valence-electron chi connectivity index (χ3n) is 5.69. The Balaban J connectivity index is 1.90. The minimum absolute atomic E-state index is 0.177. The van der Waals surface area contributed by atoms with E-state index >= 15 is 0 Å². The van der Waals surface area contributed by atoms with Crippen LogP contribution in [0.25, 0.3) is 11.7 Å². The van der Waals surface area contributed by atoms with Crippen molar-refractivity contribution >= 4 is 51.7 Å². The van der Waals surface area contributed by atoms with Gasteiger partial charge in [0.15, 0.2) is 0 Å². The zero-order valence-corrected chi connectivity index (χ0v) is 19.6. The average Bonchev–Trinajstić information content (AvgIpc) is 2.97. The molecule has 0 unspecified atom stereocenters. The lowest BCUT2D eigenvalue weighted by Crippen LogP contribution is -2.40. The van der Waals surface area contributed by atoms with Crippen LogP contribution in [0.3, 0.4) is 0 Å². The maximum Gasteiger partial charge on any atom is 0.267 e. The zero-order valence-electron chi connectivity index (χ0n) is 18.0. The molecule has 2 aliphatic rings. The second kappa shape index (κ2) is 8.59. The van der Waals surface area contributed by atoms with Gasteiger partial charge >= 0.3 is 0 Å². The molecule has 2 saturated heterocycles. The number of pyridine rings is 1. The molecule has 0 radical (unpaired) electrons. The quantitative estimate of drug-likeness (QED) is 0.397. The highest BCUT2D eigenvalue weighted by molar-refractivity contribution is 8.26. The van der Waals surface area contributed by atoms with Gasteiger partial charge in [0.1, 0.15) is 15.8 Å². The van der Waals surface area contributed by atoms with Crippen molar-refractivity contribution in [3.8, 4) is 0 Å². The molecule has 4 rings (SSSR count). The molecule has 6 nitrogen and oxygen atoms in total. The smallest absolute Gasteiger partial charge is 0.267 e. The van der Waals surface area contributed by atoms with E-state index in [1.807, 2.05) is 19.1 Å². The van der Waals surface area contributed by atoms with Crippen LogP contribution in [0.4, 0.5) is 5.82 Å². The molecular formula is C23H26N4O2S2. The number of rotatable bonds is 4. The van der Waals surface area contributed by atoms with Gasteiger partial charge in [-0.25, -0.2) is 4.98 Å². The van der Waals surface area contributed by atoms with E-state index < -0.39 is 0 Å². The molecule has 31 heavy (non-hydrogen) atoms. The van der Waals surface area contributed by atoms with Crippen molar-refractivity contribution in [1.82, 2.24) is 14.3 Å². The second-order valence-corrected chi connectivity index (χ2v) is 10.1. The van der Waals surface area contributed by atoms with E-state index in [2.05, 4.69) is 25.3 Å². The second-order valence-electron chi connectivity index (χ2n) is 8.47. The van der Waals surface area contributed by atoms with Crippen molar-refractivity contribution in [3.63, 3.8) is 0 Å². The topological polar surface area (TPSA) is 57.9 Å². The number of fused-ring (bicyclic) bond motifs is 1. The molecule has 4 heterocycles. The first kappa shape index (κ1) is 21.8. The highest BCUT2D eigenvalue weighted by Gasteiger charge is 2.33. The molecule has 0 spiro atoms. The van der Waals surface area contributed by atoms with Crippen molar-refractivity contribution in [2.75, 3.05) is 24.5 Å². The summed E-state index contributed by atoms with van der Waals surface area (Å²) in [6, 6.07) is 3.79. The van der Waals surface area contributed by atoms with E-state index in [0.29, 0.717) is 44.6 Å². The van der Waals surface area contributed by atoms with Gasteiger partial charge in [-0.2, -0.15) is 0 Å². The molecular weight excluding hydrogens is 428 g/mol. The fourth-order valence-electron chi connectivity index (χ4n) is 4.42. The van der Waals surface area contributed by atoms with E-state index in [0.717, 1.165) is 25.1 Å². The average molecular weight is 455 g/mol. The summed E-state index contributed by atoms with van der Waals surface area (Å²) in [5.41, 5.74) is 1.83. The Bertz CT molecular complexity index is 1160. The van der Waals surface area contributed by atoms with E-state index in [4.69, 9.17) is 17.2 Å². The number of aromatic nitrogens is 2. The Hall–Kier alpha value is -2.45. The fourth-order valence-corrected chi connectivity index (χ4v) is 5.68. The van der Waals surface area contributed by atoms with E-state index in [9.17, 15) is 9.59 Å². The van der Waals surface area contributed by atoms with E-state index in [-0.39, 0.29) is 11.5 Å². The van der Waals surface area contributed by atoms with Gasteiger partial charge in [-0.3, -0.25) is 18.9 Å². The Morgan fingerprint density at radius 3 is 2.68 bits per heavy atom. The molecule has 2 atom stereocenters. The van der Waals surface area contributed by atoms with Gasteiger partial charge < -0.3 is 4.90 Å². The van der Waals surface area contributed by atoms with Crippen molar-refractivity contribution in [1.29, 1.82) is 0 Å². The lowest BCUT2D eigenvalue weighted by Gasteiger charge is -2.36. The number of thioether (sulfide) groups is 1. The molecule has 8 heteroatoms. The molecule has 162 valence electrons. The number of aryl methyl sites for hydroxylation is 1. The van der Waals surface area contributed by atoms with Gasteiger partial charge in [-0.1, -0.05) is 50.0 Å². The first-order chi connectivity index (χ1) is 14.8. The van der Waals surface area contributed by atoms with Crippen molar-refractivity contribution in [2.45, 2.75) is 27.2 Å². The Morgan fingerprint density at radius 1 is 1.29 bits per heavy atom. The number of anilines is 1. The van der Waals surface area contributed by atoms with Gasteiger partial charge in [-0.15, -0.1) is 6.58 Å². The summed E-state index contributed by atoms with van der Waals surface area (Å²) in [7, 11) is 0. The highest BCUT2D eigenvalue weighted by atomic mass is 32.2. The summed E-state index contributed by atoms with van der Waals surface area (Å²) in [6.07, 6.45) is 6.19. The number of carbonyl (C=O) groups excluding carboxylic acids is 1. The number of thiocarbonyl (C=S) groups is 1. The lowest BCUT2D eigenvalue weighted by molar-refractivity contribution is -0.121. The van der Waals surface area contributed by atoms with Crippen LogP contribution in [0.15, 0.2) is 40.7 Å². The molecule has 0 N–H and O–H groups in total. The first-order valence-corrected chi connectivity index (χ1v) is 11.7. The van der Waals surface area contributed by atoms with Crippen molar-refractivity contribution in [3.05, 3.63) is 57.4 Å². The number of hydrogen-bond donors (Lipinski definition) is 0. The maximum absolute atomic E-state index is 13.6. The molecule has 0 bridgehead atoms. The van der Waals surface area contributed by atoms with Crippen molar-refractivity contribution in [2.24, 2.45) is 11.8 Å². The minimum atomic E-state index is -0.199. The SMILES string of the molecule is C=CCN1C(=O)/C(=C/c2c(N3C[C@H](C)C[C@H](C)C3)nc3c(C)cccn3c2=O)SC1=S. The predicted octanol–water partition coefficient (Wildman–Crippen LogP) is 3.87. The van der Waals surface area contributed by atoms with Crippen LogP contribution in [-0.2, 0) is 4.79 Å². The maximum atomic E-state index is 13.6. The molecule has 2 aromatic rings. The number of piperidine rings is 1.